The van der Waals surface area contributed by atoms with E-state index in [1.165, 1.54) is 31.3 Å². The Kier molecular flexibility index (Phi) is 8.66. The van der Waals surface area contributed by atoms with Gasteiger partial charge in [-0.1, -0.05) is 12.1 Å². The number of benzene rings is 2. The Morgan fingerprint density at radius 1 is 0.968 bits per heavy atom. The zero-order chi connectivity index (χ0) is 23.0. The molecule has 7 nitrogen and oxygen atoms in total. The van der Waals surface area contributed by atoms with Crippen LogP contribution in [0.4, 0.5) is 4.39 Å². The zero-order valence-electron chi connectivity index (χ0n) is 18.5. The van der Waals surface area contributed by atoms with Crippen molar-refractivity contribution in [1.82, 2.24) is 10.2 Å². The molecule has 2 aromatic carbocycles. The van der Waals surface area contributed by atoms with Crippen LogP contribution in [0.25, 0.3) is 0 Å². The van der Waals surface area contributed by atoms with Crippen molar-refractivity contribution in [2.45, 2.75) is 39.4 Å². The summed E-state index contributed by atoms with van der Waals surface area (Å²) in [7, 11) is 3.03. The van der Waals surface area contributed by atoms with E-state index in [1.54, 1.807) is 37.3 Å². The van der Waals surface area contributed by atoms with E-state index in [2.05, 4.69) is 5.32 Å². The number of carbonyl (C=O) groups excluding carboxylic acids is 2. The molecule has 0 aliphatic rings. The van der Waals surface area contributed by atoms with Crippen molar-refractivity contribution in [1.29, 1.82) is 0 Å². The largest absolute Gasteiger partial charge is 0.496 e. The molecule has 0 bridgehead atoms. The molecular weight excluding hydrogens is 403 g/mol. The predicted octanol–water partition coefficient (Wildman–Crippen LogP) is 3.16. The first-order valence-electron chi connectivity index (χ1n) is 9.93. The molecule has 0 aliphatic carbocycles. The van der Waals surface area contributed by atoms with E-state index in [0.29, 0.717) is 22.8 Å². The lowest BCUT2D eigenvalue weighted by molar-refractivity contribution is -0.142. The van der Waals surface area contributed by atoms with Crippen LogP contribution < -0.4 is 19.5 Å². The smallest absolute Gasteiger partial charge is 0.261 e. The Balaban J connectivity index is 2.18. The molecule has 168 valence electrons. The summed E-state index contributed by atoms with van der Waals surface area (Å²) in [5, 5.41) is 2.81. The number of amides is 2. The van der Waals surface area contributed by atoms with Crippen molar-refractivity contribution in [3.05, 3.63) is 53.8 Å². The Morgan fingerprint density at radius 3 is 2.03 bits per heavy atom. The lowest BCUT2D eigenvalue weighted by Gasteiger charge is -2.29. The minimum atomic E-state index is -0.747. The highest BCUT2D eigenvalue weighted by Crippen LogP contribution is 2.27. The molecule has 0 aromatic heterocycles. The van der Waals surface area contributed by atoms with Gasteiger partial charge in [-0.2, -0.15) is 0 Å². The summed E-state index contributed by atoms with van der Waals surface area (Å²) >= 11 is 0. The number of rotatable bonds is 10. The lowest BCUT2D eigenvalue weighted by Crippen LogP contribution is -2.50. The normalized spacial score (nSPS) is 11.6. The van der Waals surface area contributed by atoms with E-state index in [9.17, 15) is 14.0 Å². The molecular formula is C23H29FN2O5. The second kappa shape index (κ2) is 11.2. The van der Waals surface area contributed by atoms with Gasteiger partial charge >= 0.3 is 0 Å². The van der Waals surface area contributed by atoms with Gasteiger partial charge < -0.3 is 24.4 Å². The maximum absolute atomic E-state index is 13.3. The summed E-state index contributed by atoms with van der Waals surface area (Å²) in [6.07, 6.45) is 0. The second-order valence-corrected chi connectivity index (χ2v) is 7.32. The minimum Gasteiger partial charge on any atom is -0.496 e. The highest BCUT2D eigenvalue weighted by atomic mass is 19.1. The fourth-order valence-corrected chi connectivity index (χ4v) is 2.87. The van der Waals surface area contributed by atoms with E-state index in [1.807, 2.05) is 13.8 Å². The maximum Gasteiger partial charge on any atom is 0.261 e. The topological polar surface area (TPSA) is 77.1 Å². The van der Waals surface area contributed by atoms with Crippen LogP contribution in [0.1, 0.15) is 26.3 Å². The van der Waals surface area contributed by atoms with Gasteiger partial charge in [-0.3, -0.25) is 9.59 Å². The van der Waals surface area contributed by atoms with E-state index in [-0.39, 0.29) is 30.9 Å². The number of ether oxygens (including phenoxy) is 3. The monoisotopic (exact) mass is 432 g/mol. The lowest BCUT2D eigenvalue weighted by atomic mass is 10.1. The molecule has 2 rings (SSSR count). The first-order chi connectivity index (χ1) is 14.7. The van der Waals surface area contributed by atoms with Crippen LogP contribution >= 0.6 is 0 Å². The molecule has 31 heavy (non-hydrogen) atoms. The van der Waals surface area contributed by atoms with Crippen molar-refractivity contribution >= 4 is 11.8 Å². The van der Waals surface area contributed by atoms with Crippen LogP contribution in [-0.4, -0.2) is 49.6 Å². The number of carbonyl (C=O) groups is 2. The first-order valence-corrected chi connectivity index (χ1v) is 9.93. The van der Waals surface area contributed by atoms with Crippen LogP contribution in [-0.2, 0) is 16.1 Å². The standard InChI is InChI=1S/C23H29FN2O5/c1-15(2)25-23(28)16(3)26(13-17-6-8-18(24)9-7-17)22(27)14-31-21-11-19(29-4)10-20(12-21)30-5/h6-12,15-16H,13-14H2,1-5H3,(H,25,28)/t16-/m1/s1. The molecule has 0 unspecified atom stereocenters. The number of halogens is 1. The van der Waals surface area contributed by atoms with Crippen molar-refractivity contribution in [2.24, 2.45) is 0 Å². The van der Waals surface area contributed by atoms with Crippen LogP contribution in [0.15, 0.2) is 42.5 Å². The van der Waals surface area contributed by atoms with Crippen molar-refractivity contribution in [3.8, 4) is 17.2 Å². The number of methoxy groups -OCH3 is 2. The summed E-state index contributed by atoms with van der Waals surface area (Å²) in [5.74, 6) is 0.392. The van der Waals surface area contributed by atoms with E-state index in [0.717, 1.165) is 0 Å². The Bertz CT molecular complexity index is 864. The van der Waals surface area contributed by atoms with Crippen LogP contribution in [0, 0.1) is 5.82 Å². The Hall–Kier alpha value is -3.29. The molecule has 0 saturated carbocycles. The third kappa shape index (κ3) is 7.16. The van der Waals surface area contributed by atoms with Crippen molar-refractivity contribution in [3.63, 3.8) is 0 Å². The quantitative estimate of drug-likeness (QED) is 0.624. The summed E-state index contributed by atoms with van der Waals surface area (Å²) in [6.45, 7) is 5.17. The molecule has 2 aromatic rings. The molecule has 0 radical (unpaired) electrons. The molecule has 0 aliphatic heterocycles. The zero-order valence-corrected chi connectivity index (χ0v) is 18.5. The fourth-order valence-electron chi connectivity index (χ4n) is 2.87. The van der Waals surface area contributed by atoms with Crippen LogP contribution in [0.2, 0.25) is 0 Å². The summed E-state index contributed by atoms with van der Waals surface area (Å²) in [6, 6.07) is 9.93. The average molecular weight is 432 g/mol. The van der Waals surface area contributed by atoms with Crippen LogP contribution in [0.5, 0.6) is 17.2 Å². The van der Waals surface area contributed by atoms with Gasteiger partial charge in [0.25, 0.3) is 5.91 Å². The Morgan fingerprint density at radius 2 is 1.52 bits per heavy atom. The number of hydrogen-bond acceptors (Lipinski definition) is 5. The third-order valence-corrected chi connectivity index (χ3v) is 4.55. The number of nitrogens with zero attached hydrogens (tertiary/aromatic N) is 1. The highest BCUT2D eigenvalue weighted by Gasteiger charge is 2.27. The molecule has 0 spiro atoms. The SMILES string of the molecule is COc1cc(OC)cc(OCC(=O)N(Cc2ccc(F)cc2)[C@H](C)C(=O)NC(C)C)c1. The van der Waals surface area contributed by atoms with E-state index in [4.69, 9.17) is 14.2 Å². The third-order valence-electron chi connectivity index (χ3n) is 4.55. The first kappa shape index (κ1) is 24.0. The van der Waals surface area contributed by atoms with Gasteiger partial charge in [0.15, 0.2) is 6.61 Å². The predicted molar refractivity (Wildman–Crippen MR) is 115 cm³/mol. The molecule has 0 saturated heterocycles. The van der Waals surface area contributed by atoms with Gasteiger partial charge in [0.1, 0.15) is 29.1 Å². The second-order valence-electron chi connectivity index (χ2n) is 7.32. The molecule has 8 heteroatoms. The van der Waals surface area contributed by atoms with Gasteiger partial charge in [-0.05, 0) is 38.5 Å². The van der Waals surface area contributed by atoms with Gasteiger partial charge in [-0.25, -0.2) is 4.39 Å². The summed E-state index contributed by atoms with van der Waals surface area (Å²) in [5.41, 5.74) is 0.696. The summed E-state index contributed by atoms with van der Waals surface area (Å²) in [4.78, 5) is 27.0. The molecule has 0 fully saturated rings. The highest BCUT2D eigenvalue weighted by molar-refractivity contribution is 5.88. The van der Waals surface area contributed by atoms with Gasteiger partial charge in [0.2, 0.25) is 5.91 Å². The molecule has 0 heterocycles. The van der Waals surface area contributed by atoms with Crippen molar-refractivity contribution < 1.29 is 28.2 Å². The number of hydrogen-bond donors (Lipinski definition) is 1. The number of nitrogens with one attached hydrogen (secondary N) is 1. The van der Waals surface area contributed by atoms with Crippen LogP contribution in [0.3, 0.4) is 0 Å². The average Bonchev–Trinajstić information content (AvgIpc) is 2.75. The minimum absolute atomic E-state index is 0.0711. The molecule has 1 N–H and O–H groups in total. The van der Waals surface area contributed by atoms with Crippen molar-refractivity contribution in [2.75, 3.05) is 20.8 Å². The molecule has 2 amide bonds. The van der Waals surface area contributed by atoms with E-state index < -0.39 is 11.9 Å². The van der Waals surface area contributed by atoms with E-state index >= 15 is 0 Å². The maximum atomic E-state index is 13.3. The Labute approximate surface area is 182 Å². The van der Waals surface area contributed by atoms with Gasteiger partial charge in [0.05, 0.1) is 14.2 Å². The van der Waals surface area contributed by atoms with Gasteiger partial charge in [0, 0.05) is 30.8 Å². The van der Waals surface area contributed by atoms with Gasteiger partial charge in [-0.15, -0.1) is 0 Å². The fraction of sp³-hybridized carbons (Fsp3) is 0.391. The summed E-state index contributed by atoms with van der Waals surface area (Å²) < 4.78 is 29.3. The molecule has 1 atom stereocenters.